The first kappa shape index (κ1) is 14.1. The van der Waals surface area contributed by atoms with Crippen LogP contribution in [0.3, 0.4) is 0 Å². The number of nitrogens with zero attached hydrogens (tertiary/aromatic N) is 1. The molecule has 1 aromatic heterocycles. The smallest absolute Gasteiger partial charge is 0.337 e. The lowest BCUT2D eigenvalue weighted by Gasteiger charge is -2.08. The number of benzene rings is 1. The predicted molar refractivity (Wildman–Crippen MR) is 73.2 cm³/mol. The number of aromatic nitrogens is 1. The first-order chi connectivity index (χ1) is 9.47. The number of amides is 1. The summed E-state index contributed by atoms with van der Waals surface area (Å²) in [6.45, 7) is 0. The van der Waals surface area contributed by atoms with Crippen LogP contribution >= 0.6 is 15.9 Å². The number of anilines is 1. The van der Waals surface area contributed by atoms with E-state index < -0.39 is 17.8 Å². The molecule has 1 aromatic carbocycles. The van der Waals surface area contributed by atoms with Crippen LogP contribution in [0.4, 0.5) is 10.1 Å². The summed E-state index contributed by atoms with van der Waals surface area (Å²) in [6, 6.07) is 8.16. The van der Waals surface area contributed by atoms with Gasteiger partial charge in [-0.05, 0) is 30.3 Å². The fraction of sp³-hybridized carbons (Fsp3) is 0. The average molecular weight is 339 g/mol. The van der Waals surface area contributed by atoms with Crippen LogP contribution in [-0.2, 0) is 0 Å². The van der Waals surface area contributed by atoms with Gasteiger partial charge in [-0.2, -0.15) is 4.39 Å². The van der Waals surface area contributed by atoms with Crippen molar-refractivity contribution in [2.75, 3.05) is 5.32 Å². The lowest BCUT2D eigenvalue weighted by Crippen LogP contribution is -2.16. The summed E-state index contributed by atoms with van der Waals surface area (Å²) in [6.07, 6.45) is 0. The molecule has 1 amide bonds. The minimum atomic E-state index is -1.19. The van der Waals surface area contributed by atoms with Crippen LogP contribution in [0, 0.1) is 5.95 Å². The number of carboxylic acids is 1. The fourth-order valence-corrected chi connectivity index (χ4v) is 1.88. The zero-order valence-electron chi connectivity index (χ0n) is 9.93. The van der Waals surface area contributed by atoms with Gasteiger partial charge in [0.15, 0.2) is 0 Å². The number of aromatic carboxylic acids is 1. The maximum absolute atomic E-state index is 12.9. The van der Waals surface area contributed by atoms with E-state index >= 15 is 0 Å². The second-order valence-electron chi connectivity index (χ2n) is 3.79. The Morgan fingerprint density at radius 3 is 2.65 bits per heavy atom. The third-order valence-electron chi connectivity index (χ3n) is 2.41. The normalized spacial score (nSPS) is 10.1. The van der Waals surface area contributed by atoms with E-state index in [1.807, 2.05) is 0 Å². The minimum Gasteiger partial charge on any atom is -0.478 e. The van der Waals surface area contributed by atoms with Crippen LogP contribution in [0.25, 0.3) is 0 Å². The number of carbonyl (C=O) groups is 2. The van der Waals surface area contributed by atoms with Gasteiger partial charge in [0.05, 0.1) is 11.3 Å². The van der Waals surface area contributed by atoms with Crippen LogP contribution in [0.1, 0.15) is 20.8 Å². The third kappa shape index (κ3) is 3.18. The molecule has 0 saturated carbocycles. The molecule has 0 aliphatic rings. The van der Waals surface area contributed by atoms with Gasteiger partial charge in [0.1, 0.15) is 5.69 Å². The van der Waals surface area contributed by atoms with Gasteiger partial charge in [0.2, 0.25) is 5.95 Å². The van der Waals surface area contributed by atoms with Crippen LogP contribution in [0.15, 0.2) is 40.9 Å². The summed E-state index contributed by atoms with van der Waals surface area (Å²) in [5, 5.41) is 11.5. The molecule has 0 aliphatic carbocycles. The second-order valence-corrected chi connectivity index (χ2v) is 4.71. The predicted octanol–water partition coefficient (Wildman–Crippen LogP) is 2.93. The Hall–Kier alpha value is -2.28. The molecule has 2 rings (SSSR count). The van der Waals surface area contributed by atoms with Crippen molar-refractivity contribution >= 4 is 33.5 Å². The van der Waals surface area contributed by atoms with Crippen molar-refractivity contribution < 1.29 is 19.1 Å². The molecule has 102 valence electrons. The van der Waals surface area contributed by atoms with Gasteiger partial charge in [-0.15, -0.1) is 0 Å². The van der Waals surface area contributed by atoms with Gasteiger partial charge < -0.3 is 10.4 Å². The van der Waals surface area contributed by atoms with Crippen LogP contribution in [-0.4, -0.2) is 22.0 Å². The monoisotopic (exact) mass is 338 g/mol. The number of hydrogen-bond acceptors (Lipinski definition) is 3. The zero-order chi connectivity index (χ0) is 14.7. The van der Waals surface area contributed by atoms with E-state index in [2.05, 4.69) is 26.2 Å². The van der Waals surface area contributed by atoms with E-state index in [0.717, 1.165) is 6.07 Å². The topological polar surface area (TPSA) is 79.3 Å². The minimum absolute atomic E-state index is 0.0795. The van der Waals surface area contributed by atoms with Crippen molar-refractivity contribution in [3.05, 3.63) is 58.1 Å². The molecule has 0 atom stereocenters. The summed E-state index contributed by atoms with van der Waals surface area (Å²) in [4.78, 5) is 26.4. The first-order valence-corrected chi connectivity index (χ1v) is 6.23. The first-order valence-electron chi connectivity index (χ1n) is 5.44. The molecule has 1 heterocycles. The Morgan fingerprint density at radius 2 is 2.00 bits per heavy atom. The Kier molecular flexibility index (Phi) is 4.09. The molecule has 2 N–H and O–H groups in total. The van der Waals surface area contributed by atoms with E-state index in [0.29, 0.717) is 4.47 Å². The molecule has 2 aromatic rings. The zero-order valence-corrected chi connectivity index (χ0v) is 11.5. The number of carboxylic acid groups (broad SMARTS) is 1. The van der Waals surface area contributed by atoms with Crippen molar-refractivity contribution in [1.29, 1.82) is 0 Å². The van der Waals surface area contributed by atoms with Crippen LogP contribution in [0.5, 0.6) is 0 Å². The summed E-state index contributed by atoms with van der Waals surface area (Å²) >= 11 is 3.15. The van der Waals surface area contributed by atoms with Crippen molar-refractivity contribution in [2.45, 2.75) is 0 Å². The van der Waals surface area contributed by atoms with Crippen molar-refractivity contribution in [3.8, 4) is 0 Å². The van der Waals surface area contributed by atoms with E-state index in [4.69, 9.17) is 5.11 Å². The fourth-order valence-electron chi connectivity index (χ4n) is 1.52. The van der Waals surface area contributed by atoms with Gasteiger partial charge in [-0.1, -0.05) is 22.0 Å². The van der Waals surface area contributed by atoms with E-state index in [9.17, 15) is 14.0 Å². The molecular formula is C13H8BrFN2O3. The molecule has 0 saturated heterocycles. The van der Waals surface area contributed by atoms with Gasteiger partial charge in [0.25, 0.3) is 5.91 Å². The Labute approximate surface area is 121 Å². The number of pyridine rings is 1. The molecule has 0 unspecified atom stereocenters. The second kappa shape index (κ2) is 5.79. The molecule has 0 aliphatic heterocycles. The molecule has 5 nitrogen and oxygen atoms in total. The van der Waals surface area contributed by atoms with Gasteiger partial charge >= 0.3 is 5.97 Å². The van der Waals surface area contributed by atoms with E-state index in [1.165, 1.54) is 24.3 Å². The summed E-state index contributed by atoms with van der Waals surface area (Å²) < 4.78 is 13.5. The highest BCUT2D eigenvalue weighted by Crippen LogP contribution is 2.21. The van der Waals surface area contributed by atoms with Crippen LogP contribution < -0.4 is 5.32 Å². The number of hydrogen-bond donors (Lipinski definition) is 2. The molecule has 7 heteroatoms. The van der Waals surface area contributed by atoms with Gasteiger partial charge in [-0.25, -0.2) is 9.78 Å². The van der Waals surface area contributed by atoms with Crippen molar-refractivity contribution in [2.24, 2.45) is 0 Å². The third-order valence-corrected chi connectivity index (χ3v) is 2.90. The quantitative estimate of drug-likeness (QED) is 0.843. The lowest BCUT2D eigenvalue weighted by molar-refractivity contribution is 0.0698. The van der Waals surface area contributed by atoms with E-state index in [-0.39, 0.29) is 16.9 Å². The SMILES string of the molecule is O=C(Nc1ccc(Br)cc1C(=O)O)c1cccc(F)n1. The molecule has 0 fully saturated rings. The highest BCUT2D eigenvalue weighted by atomic mass is 79.9. The lowest BCUT2D eigenvalue weighted by atomic mass is 10.1. The molecular weight excluding hydrogens is 331 g/mol. The summed E-state index contributed by atoms with van der Waals surface area (Å²) in [5.74, 6) is -2.66. The number of rotatable bonds is 3. The molecule has 0 bridgehead atoms. The summed E-state index contributed by atoms with van der Waals surface area (Å²) in [5.41, 5.74) is -0.106. The highest BCUT2D eigenvalue weighted by Gasteiger charge is 2.15. The molecule has 0 radical (unpaired) electrons. The Balaban J connectivity index is 2.30. The number of halogens is 2. The highest BCUT2D eigenvalue weighted by molar-refractivity contribution is 9.10. The summed E-state index contributed by atoms with van der Waals surface area (Å²) in [7, 11) is 0. The Morgan fingerprint density at radius 1 is 1.25 bits per heavy atom. The standard InChI is InChI=1S/C13H8BrFN2O3/c14-7-4-5-9(8(6-7)13(19)20)17-12(18)10-2-1-3-11(15)16-10/h1-6H,(H,17,18)(H,19,20). The van der Waals surface area contributed by atoms with Crippen molar-refractivity contribution in [3.63, 3.8) is 0 Å². The maximum atomic E-state index is 12.9. The van der Waals surface area contributed by atoms with Gasteiger partial charge in [-0.3, -0.25) is 4.79 Å². The molecule has 20 heavy (non-hydrogen) atoms. The maximum Gasteiger partial charge on any atom is 0.337 e. The number of nitrogens with one attached hydrogen (secondary N) is 1. The average Bonchev–Trinajstić information content (AvgIpc) is 2.40. The van der Waals surface area contributed by atoms with Crippen molar-refractivity contribution in [1.82, 2.24) is 4.98 Å². The van der Waals surface area contributed by atoms with Crippen LogP contribution in [0.2, 0.25) is 0 Å². The molecule has 0 spiro atoms. The Bertz CT molecular complexity index is 691. The largest absolute Gasteiger partial charge is 0.478 e. The van der Waals surface area contributed by atoms with Gasteiger partial charge in [0, 0.05) is 4.47 Å². The van der Waals surface area contributed by atoms with E-state index in [1.54, 1.807) is 6.07 Å². The number of carbonyl (C=O) groups excluding carboxylic acids is 1.